The van der Waals surface area contributed by atoms with Gasteiger partial charge in [0, 0.05) is 28.9 Å². The van der Waals surface area contributed by atoms with Crippen LogP contribution in [-0.4, -0.2) is 51.9 Å². The van der Waals surface area contributed by atoms with Gasteiger partial charge in [0.25, 0.3) is 40.5 Å². The van der Waals surface area contributed by atoms with Crippen LogP contribution in [0.15, 0.2) is 43.8 Å². The topological polar surface area (TPSA) is 270 Å². The predicted octanol–water partition coefficient (Wildman–Crippen LogP) is -0.571. The molecule has 0 saturated heterocycles. The number of hydrogen-bond donors (Lipinski definition) is 6. The van der Waals surface area contributed by atoms with Crippen molar-refractivity contribution in [3.05, 3.63) is 35.4 Å². The highest BCUT2D eigenvalue weighted by atomic mass is 32.2. The Morgan fingerprint density at radius 1 is 0.548 bits per heavy atom. The Labute approximate surface area is 176 Å². The molecule has 14 nitrogen and oxygen atoms in total. The molecule has 0 amide bonds. The fraction of sp³-hybridized carbons (Fsp3) is 0.0769. The highest BCUT2D eigenvalue weighted by molar-refractivity contribution is 7.89. The minimum Gasteiger partial charge on any atom is -0.398 e. The lowest BCUT2D eigenvalue weighted by atomic mass is 10.0. The normalized spacial score (nSPS) is 13.3. The van der Waals surface area contributed by atoms with Crippen molar-refractivity contribution < 1.29 is 51.9 Å². The van der Waals surface area contributed by atoms with E-state index < -0.39 is 89.0 Å². The van der Waals surface area contributed by atoms with Crippen LogP contribution >= 0.6 is 0 Å². The van der Waals surface area contributed by atoms with Gasteiger partial charge < -0.3 is 11.5 Å². The van der Waals surface area contributed by atoms with Gasteiger partial charge in [0.15, 0.2) is 0 Å². The van der Waals surface area contributed by atoms with Gasteiger partial charge in [-0.05, 0) is 24.3 Å². The van der Waals surface area contributed by atoms with Gasteiger partial charge in [0.1, 0.15) is 19.6 Å². The van der Waals surface area contributed by atoms with Crippen LogP contribution in [0.5, 0.6) is 0 Å². The minimum atomic E-state index is -5.43. The summed E-state index contributed by atoms with van der Waals surface area (Å²) in [5.74, 6) is 0. The summed E-state index contributed by atoms with van der Waals surface area (Å²) in [4.78, 5) is -5.52. The van der Waals surface area contributed by atoms with E-state index in [0.717, 1.165) is 12.1 Å². The zero-order valence-corrected chi connectivity index (χ0v) is 18.1. The van der Waals surface area contributed by atoms with Crippen LogP contribution in [0.4, 0.5) is 11.4 Å². The minimum absolute atomic E-state index is 0.541. The number of anilines is 2. The standard InChI is InChI=1S/C13H14N2O12S4/c14-8-1-3-10(28(16,17)18)12(30(22,23)24)6(8)5-7-9(15)2-4-11(29(19,20)21)13(7)31(25,26)27/h1-4H,5,14-15H2,(H,16,17,18)(H,19,20,21)(H,22,23,24)(H,25,26,27). The Morgan fingerprint density at radius 2 is 0.839 bits per heavy atom. The van der Waals surface area contributed by atoms with E-state index in [0.29, 0.717) is 12.1 Å². The van der Waals surface area contributed by atoms with E-state index in [1.165, 1.54) is 0 Å². The number of rotatable bonds is 6. The van der Waals surface area contributed by atoms with Gasteiger partial charge in [0.2, 0.25) is 0 Å². The van der Waals surface area contributed by atoms with Crippen LogP contribution in [0.1, 0.15) is 11.1 Å². The molecule has 0 aromatic heterocycles. The van der Waals surface area contributed by atoms with E-state index in [-0.39, 0.29) is 0 Å². The second-order valence-electron chi connectivity index (χ2n) is 6.00. The van der Waals surface area contributed by atoms with Crippen molar-refractivity contribution in [2.45, 2.75) is 26.0 Å². The molecule has 0 unspecified atom stereocenters. The Balaban J connectivity index is 3.07. The molecule has 0 spiro atoms. The molecule has 2 aromatic carbocycles. The first-order valence-electron chi connectivity index (χ1n) is 7.49. The van der Waals surface area contributed by atoms with Gasteiger partial charge in [-0.2, -0.15) is 33.7 Å². The molecule has 0 atom stereocenters. The van der Waals surface area contributed by atoms with Gasteiger partial charge in [-0.15, -0.1) is 0 Å². The predicted molar refractivity (Wildman–Crippen MR) is 104 cm³/mol. The number of hydrogen-bond acceptors (Lipinski definition) is 10. The molecule has 172 valence electrons. The van der Waals surface area contributed by atoms with Gasteiger partial charge in [-0.25, -0.2) is 0 Å². The highest BCUT2D eigenvalue weighted by Crippen LogP contribution is 2.36. The summed E-state index contributed by atoms with van der Waals surface area (Å²) in [6, 6.07) is 2.67. The Morgan fingerprint density at radius 3 is 1.06 bits per heavy atom. The number of nitrogens with two attached hydrogens (primary N) is 2. The van der Waals surface area contributed by atoms with Crippen molar-refractivity contribution >= 4 is 51.8 Å². The lowest BCUT2D eigenvalue weighted by molar-refractivity contribution is 0.464. The number of benzene rings is 2. The molecule has 2 rings (SSSR count). The number of nitrogen functional groups attached to an aromatic ring is 2. The summed E-state index contributed by atoms with van der Waals surface area (Å²) < 4.78 is 131. The molecule has 0 fully saturated rings. The molecule has 31 heavy (non-hydrogen) atoms. The van der Waals surface area contributed by atoms with Gasteiger partial charge in [-0.3, -0.25) is 18.2 Å². The molecular formula is C13H14N2O12S4. The van der Waals surface area contributed by atoms with Crippen LogP contribution in [0.3, 0.4) is 0 Å². The van der Waals surface area contributed by atoms with E-state index >= 15 is 0 Å². The molecule has 2 aromatic rings. The lowest BCUT2D eigenvalue weighted by Crippen LogP contribution is -2.17. The summed E-state index contributed by atoms with van der Waals surface area (Å²) in [7, 11) is -21.4. The first kappa shape index (κ1) is 24.9. The third kappa shape index (κ3) is 5.13. The summed E-state index contributed by atoms with van der Waals surface area (Å²) in [5, 5.41) is 0. The van der Waals surface area contributed by atoms with Crippen molar-refractivity contribution in [2.24, 2.45) is 0 Å². The van der Waals surface area contributed by atoms with Crippen molar-refractivity contribution in [3.63, 3.8) is 0 Å². The quantitative estimate of drug-likeness (QED) is 0.206. The van der Waals surface area contributed by atoms with Crippen molar-refractivity contribution in [1.29, 1.82) is 0 Å². The van der Waals surface area contributed by atoms with Crippen molar-refractivity contribution in [3.8, 4) is 0 Å². The van der Waals surface area contributed by atoms with E-state index in [1.54, 1.807) is 0 Å². The largest absolute Gasteiger partial charge is 0.398 e. The Kier molecular flexibility index (Phi) is 6.17. The molecule has 0 aliphatic heterocycles. The van der Waals surface area contributed by atoms with E-state index in [2.05, 4.69) is 0 Å². The monoisotopic (exact) mass is 518 g/mol. The lowest BCUT2D eigenvalue weighted by Gasteiger charge is -2.17. The summed E-state index contributed by atoms with van der Waals surface area (Å²) in [5.41, 5.74) is 8.58. The first-order valence-corrected chi connectivity index (χ1v) is 13.2. The van der Waals surface area contributed by atoms with Gasteiger partial charge in [0.05, 0.1) is 0 Å². The molecule has 0 aliphatic carbocycles. The second kappa shape index (κ2) is 7.67. The average molecular weight is 519 g/mol. The highest BCUT2D eigenvalue weighted by Gasteiger charge is 2.33. The molecule has 0 radical (unpaired) electrons. The molecule has 0 aliphatic rings. The molecule has 0 heterocycles. The zero-order chi connectivity index (χ0) is 24.2. The molecule has 0 bridgehead atoms. The first-order chi connectivity index (χ1) is 13.8. The summed E-state index contributed by atoms with van der Waals surface area (Å²) >= 11 is 0. The van der Waals surface area contributed by atoms with Crippen LogP contribution < -0.4 is 11.5 Å². The Bertz CT molecular complexity index is 1390. The summed E-state index contributed by atoms with van der Waals surface area (Å²) in [6.45, 7) is 0. The zero-order valence-electron chi connectivity index (χ0n) is 14.9. The fourth-order valence-electron chi connectivity index (χ4n) is 2.76. The fourth-order valence-corrected chi connectivity index (χ4v) is 6.86. The third-order valence-electron chi connectivity index (χ3n) is 3.95. The van der Waals surface area contributed by atoms with Crippen LogP contribution in [-0.2, 0) is 46.9 Å². The molecular weight excluding hydrogens is 504 g/mol. The maximum absolute atomic E-state index is 11.8. The molecule has 0 saturated carbocycles. The van der Waals surface area contributed by atoms with Gasteiger partial charge >= 0.3 is 0 Å². The Hall–Kier alpha value is -2.32. The molecule has 18 heteroatoms. The maximum Gasteiger partial charge on any atom is 0.296 e. The van der Waals surface area contributed by atoms with Crippen molar-refractivity contribution in [2.75, 3.05) is 11.5 Å². The van der Waals surface area contributed by atoms with E-state index in [1.807, 2.05) is 0 Å². The molecule has 8 N–H and O–H groups in total. The van der Waals surface area contributed by atoms with Crippen molar-refractivity contribution in [1.82, 2.24) is 0 Å². The van der Waals surface area contributed by atoms with Crippen LogP contribution in [0.2, 0.25) is 0 Å². The van der Waals surface area contributed by atoms with Crippen LogP contribution in [0, 0.1) is 0 Å². The maximum atomic E-state index is 11.8. The summed E-state index contributed by atoms with van der Waals surface area (Å²) in [6.07, 6.45) is -1.07. The third-order valence-corrected chi connectivity index (χ3v) is 7.96. The smallest absolute Gasteiger partial charge is 0.296 e. The van der Waals surface area contributed by atoms with E-state index in [4.69, 9.17) is 11.5 Å². The average Bonchev–Trinajstić information content (AvgIpc) is 2.53. The van der Waals surface area contributed by atoms with E-state index in [9.17, 15) is 51.9 Å². The second-order valence-corrected chi connectivity index (χ2v) is 11.5. The van der Waals surface area contributed by atoms with Crippen LogP contribution in [0.25, 0.3) is 0 Å². The SMILES string of the molecule is Nc1ccc(S(=O)(=O)O)c(S(=O)(=O)O)c1Cc1c(N)ccc(S(=O)(=O)O)c1S(=O)(=O)O. The van der Waals surface area contributed by atoms with Gasteiger partial charge in [-0.1, -0.05) is 0 Å².